The Kier molecular flexibility index (Phi) is 7.37. The van der Waals surface area contributed by atoms with Crippen molar-refractivity contribution >= 4 is 5.91 Å². The van der Waals surface area contributed by atoms with E-state index in [0.29, 0.717) is 24.6 Å². The number of amides is 1. The molecule has 1 aliphatic heterocycles. The van der Waals surface area contributed by atoms with Gasteiger partial charge < -0.3 is 19.1 Å². The van der Waals surface area contributed by atoms with Crippen LogP contribution in [0.5, 0.6) is 17.2 Å². The first kappa shape index (κ1) is 25.1. The minimum absolute atomic E-state index is 0.0658. The van der Waals surface area contributed by atoms with E-state index >= 15 is 0 Å². The second-order valence-electron chi connectivity index (χ2n) is 9.24. The minimum Gasteiger partial charge on any atom is -0.496 e. The monoisotopic (exact) mass is 493 g/mol. The van der Waals surface area contributed by atoms with Crippen molar-refractivity contribution < 1.29 is 32.2 Å². The lowest BCUT2D eigenvalue weighted by molar-refractivity contribution is -0.206. The number of hydrogen-bond donors (Lipinski definition) is 0. The number of alkyl halides is 3. The first-order valence-electron chi connectivity index (χ1n) is 11.7. The van der Waals surface area contributed by atoms with E-state index in [4.69, 9.17) is 14.2 Å². The third-order valence-corrected chi connectivity index (χ3v) is 6.92. The van der Waals surface area contributed by atoms with Gasteiger partial charge in [0.2, 0.25) is 0 Å². The molecule has 2 aromatic heterocycles. The highest BCUT2D eigenvalue weighted by Gasteiger charge is 2.47. The maximum Gasteiger partial charge on any atom is 0.391 e. The predicted molar refractivity (Wildman–Crippen MR) is 122 cm³/mol. The molecule has 10 heteroatoms. The van der Waals surface area contributed by atoms with Crippen LogP contribution < -0.4 is 14.2 Å². The number of nitrogens with zero attached hydrogens (tertiary/aromatic N) is 3. The van der Waals surface area contributed by atoms with Crippen molar-refractivity contribution in [3.8, 4) is 17.2 Å². The van der Waals surface area contributed by atoms with E-state index in [1.165, 1.54) is 19.4 Å². The summed E-state index contributed by atoms with van der Waals surface area (Å²) in [5, 5.41) is 0. The number of rotatable bonds is 7. The van der Waals surface area contributed by atoms with Gasteiger partial charge in [-0.25, -0.2) is 4.98 Å². The Bertz CT molecular complexity index is 1050. The summed E-state index contributed by atoms with van der Waals surface area (Å²) in [6, 6.07) is 3.45. The van der Waals surface area contributed by atoms with E-state index in [-0.39, 0.29) is 42.9 Å². The summed E-state index contributed by atoms with van der Waals surface area (Å²) in [7, 11) is 3.10. The number of carbonyl (C=O) groups is 1. The van der Waals surface area contributed by atoms with Crippen molar-refractivity contribution in [2.45, 2.75) is 44.7 Å². The maximum atomic E-state index is 13.1. The van der Waals surface area contributed by atoms with E-state index < -0.39 is 12.1 Å². The molecule has 0 unspecified atom stereocenters. The van der Waals surface area contributed by atoms with Gasteiger partial charge >= 0.3 is 6.18 Å². The van der Waals surface area contributed by atoms with Gasteiger partial charge in [-0.05, 0) is 44.4 Å². The summed E-state index contributed by atoms with van der Waals surface area (Å²) in [4.78, 5) is 23.5. The van der Waals surface area contributed by atoms with E-state index in [9.17, 15) is 18.0 Å². The molecule has 0 bridgehead atoms. The summed E-state index contributed by atoms with van der Waals surface area (Å²) in [5.74, 6) is 0.121. The average molecular weight is 494 g/mol. The first-order chi connectivity index (χ1) is 16.7. The maximum absolute atomic E-state index is 13.1. The summed E-state index contributed by atoms with van der Waals surface area (Å²) >= 11 is 0. The van der Waals surface area contributed by atoms with Crippen LogP contribution in [0, 0.1) is 18.8 Å². The SMILES string of the molecule is COc1cc(C(=O)N2CCC(c3cnc(C)cc3OC)CC2)ncc1OC[C@H]1C[C@H](C(F)(F)F)C1. The zero-order chi connectivity index (χ0) is 25.2. The van der Waals surface area contributed by atoms with Gasteiger partial charge in [-0.3, -0.25) is 9.78 Å². The molecule has 1 saturated carbocycles. The molecule has 2 aromatic rings. The fraction of sp³-hybridized carbons (Fsp3) is 0.560. The summed E-state index contributed by atoms with van der Waals surface area (Å²) < 4.78 is 54.6. The van der Waals surface area contributed by atoms with Crippen LogP contribution in [0.2, 0.25) is 0 Å². The molecular weight excluding hydrogens is 463 g/mol. The minimum atomic E-state index is -4.14. The standard InChI is InChI=1S/C25H30F3N3O4/c1-15-8-21(33-2)19(12-29-15)17-4-6-31(7-5-17)24(32)20-11-22(34-3)23(13-30-20)35-14-16-9-18(10-16)25(26,27)28/h8,11-13,16-18H,4-7,9-10,14H2,1-3H3/t16-,18-. The molecule has 0 N–H and O–H groups in total. The summed E-state index contributed by atoms with van der Waals surface area (Å²) in [6.07, 6.45) is 0.814. The third-order valence-electron chi connectivity index (χ3n) is 6.92. The van der Waals surface area contributed by atoms with Crippen molar-refractivity contribution in [1.29, 1.82) is 0 Å². The van der Waals surface area contributed by atoms with Gasteiger partial charge in [-0.1, -0.05) is 0 Å². The van der Waals surface area contributed by atoms with Gasteiger partial charge in [0, 0.05) is 42.7 Å². The fourth-order valence-electron chi connectivity index (χ4n) is 4.74. The Morgan fingerprint density at radius 3 is 2.34 bits per heavy atom. The zero-order valence-corrected chi connectivity index (χ0v) is 20.1. The lowest BCUT2D eigenvalue weighted by atomic mass is 9.75. The van der Waals surface area contributed by atoms with Crippen LogP contribution in [0.4, 0.5) is 13.2 Å². The Balaban J connectivity index is 1.34. The van der Waals surface area contributed by atoms with Crippen LogP contribution in [0.25, 0.3) is 0 Å². The van der Waals surface area contributed by atoms with E-state index in [1.807, 2.05) is 19.2 Å². The molecule has 1 saturated heterocycles. The van der Waals surface area contributed by atoms with Crippen LogP contribution in [-0.4, -0.2) is 60.9 Å². The number of carbonyl (C=O) groups excluding carboxylic acids is 1. The molecule has 190 valence electrons. The van der Waals surface area contributed by atoms with Crippen molar-refractivity contribution in [2.24, 2.45) is 11.8 Å². The normalized spacial score (nSPS) is 20.8. The van der Waals surface area contributed by atoms with Crippen molar-refractivity contribution in [3.05, 3.63) is 41.5 Å². The molecule has 0 radical (unpaired) electrons. The van der Waals surface area contributed by atoms with E-state index in [2.05, 4.69) is 9.97 Å². The Morgan fingerprint density at radius 2 is 1.71 bits per heavy atom. The van der Waals surface area contributed by atoms with E-state index in [1.54, 1.807) is 12.0 Å². The van der Waals surface area contributed by atoms with E-state index in [0.717, 1.165) is 29.8 Å². The van der Waals surface area contributed by atoms with Crippen LogP contribution >= 0.6 is 0 Å². The molecule has 0 atom stereocenters. The molecule has 3 heterocycles. The van der Waals surface area contributed by atoms with Crippen molar-refractivity contribution in [2.75, 3.05) is 33.9 Å². The van der Waals surface area contributed by atoms with Gasteiger partial charge in [-0.2, -0.15) is 13.2 Å². The van der Waals surface area contributed by atoms with Crippen molar-refractivity contribution in [3.63, 3.8) is 0 Å². The lowest BCUT2D eigenvalue weighted by Gasteiger charge is -2.36. The largest absolute Gasteiger partial charge is 0.496 e. The molecule has 35 heavy (non-hydrogen) atoms. The van der Waals surface area contributed by atoms with Crippen LogP contribution in [0.15, 0.2) is 24.5 Å². The number of hydrogen-bond acceptors (Lipinski definition) is 6. The lowest BCUT2D eigenvalue weighted by Crippen LogP contribution is -2.38. The zero-order valence-electron chi connectivity index (χ0n) is 20.1. The fourth-order valence-corrected chi connectivity index (χ4v) is 4.74. The predicted octanol–water partition coefficient (Wildman–Crippen LogP) is 4.79. The number of ether oxygens (including phenoxy) is 3. The molecule has 7 nitrogen and oxygen atoms in total. The molecule has 4 rings (SSSR count). The van der Waals surface area contributed by atoms with Gasteiger partial charge in [0.05, 0.1) is 32.9 Å². The molecule has 2 aliphatic rings. The molecule has 2 fully saturated rings. The third kappa shape index (κ3) is 5.62. The highest BCUT2D eigenvalue weighted by Crippen LogP contribution is 2.45. The Labute approximate surface area is 202 Å². The molecular formula is C25H30F3N3O4. The second kappa shape index (κ2) is 10.3. The highest BCUT2D eigenvalue weighted by molar-refractivity contribution is 5.93. The number of aromatic nitrogens is 2. The van der Waals surface area contributed by atoms with Gasteiger partial charge in [0.25, 0.3) is 5.91 Å². The van der Waals surface area contributed by atoms with Crippen LogP contribution in [-0.2, 0) is 0 Å². The second-order valence-corrected chi connectivity index (χ2v) is 9.24. The van der Waals surface area contributed by atoms with Gasteiger partial charge in [0.1, 0.15) is 11.4 Å². The van der Waals surface area contributed by atoms with Crippen molar-refractivity contribution in [1.82, 2.24) is 14.9 Å². The molecule has 0 aromatic carbocycles. The summed E-state index contributed by atoms with van der Waals surface area (Å²) in [6.45, 7) is 3.22. The van der Waals surface area contributed by atoms with Gasteiger partial charge in [-0.15, -0.1) is 0 Å². The Hall–Kier alpha value is -3.04. The number of pyridine rings is 2. The van der Waals surface area contributed by atoms with Crippen LogP contribution in [0.3, 0.4) is 0 Å². The molecule has 0 spiro atoms. The Morgan fingerprint density at radius 1 is 1.03 bits per heavy atom. The summed E-state index contributed by atoms with van der Waals surface area (Å²) in [5.41, 5.74) is 2.19. The number of halogens is 3. The smallest absolute Gasteiger partial charge is 0.391 e. The first-order valence-corrected chi connectivity index (χ1v) is 11.7. The quantitative estimate of drug-likeness (QED) is 0.552. The highest BCUT2D eigenvalue weighted by atomic mass is 19.4. The topological polar surface area (TPSA) is 73.8 Å². The molecule has 1 amide bonds. The number of likely N-dealkylation sites (tertiary alicyclic amines) is 1. The molecule has 1 aliphatic carbocycles. The number of methoxy groups -OCH3 is 2. The number of piperidine rings is 1. The number of aryl methyl sites for hydroxylation is 1. The average Bonchev–Trinajstić information content (AvgIpc) is 2.81. The van der Waals surface area contributed by atoms with Crippen LogP contribution in [0.1, 0.15) is 53.3 Å². The van der Waals surface area contributed by atoms with Gasteiger partial charge in [0.15, 0.2) is 11.5 Å².